The Labute approximate surface area is 179 Å². The van der Waals surface area contributed by atoms with E-state index in [1.807, 2.05) is 18.7 Å². The second-order valence-electron chi connectivity index (χ2n) is 7.34. The fourth-order valence-electron chi connectivity index (χ4n) is 3.57. The van der Waals surface area contributed by atoms with E-state index in [9.17, 15) is 18.4 Å². The number of carbonyl (C=O) groups is 2. The van der Waals surface area contributed by atoms with Crippen LogP contribution in [0.25, 0.3) is 0 Å². The van der Waals surface area contributed by atoms with Gasteiger partial charge in [-0.2, -0.15) is 4.98 Å². The van der Waals surface area contributed by atoms with Gasteiger partial charge in [0.1, 0.15) is 17.2 Å². The standard InChI is InChI=1S/C21H27F2N5O3/c1-3-27(4-2)19(29)9-8-18-24-17(25-31-18)14-26-10-12-28(13-11-26)21(30)20-15(22)6-5-7-16(20)23/h5-7H,3-4,8-14H2,1-2H3. The molecule has 0 saturated carbocycles. The van der Waals surface area contributed by atoms with Gasteiger partial charge in [0, 0.05) is 52.1 Å². The number of aromatic nitrogens is 2. The highest BCUT2D eigenvalue weighted by atomic mass is 19.1. The summed E-state index contributed by atoms with van der Waals surface area (Å²) >= 11 is 0. The normalized spacial score (nSPS) is 14.6. The van der Waals surface area contributed by atoms with Crippen LogP contribution < -0.4 is 0 Å². The molecule has 1 aliphatic rings. The van der Waals surface area contributed by atoms with Crippen LogP contribution >= 0.6 is 0 Å². The molecule has 0 atom stereocenters. The van der Waals surface area contributed by atoms with Gasteiger partial charge >= 0.3 is 0 Å². The van der Waals surface area contributed by atoms with Crippen molar-refractivity contribution in [2.75, 3.05) is 39.3 Å². The molecular formula is C21H27F2N5O3. The van der Waals surface area contributed by atoms with E-state index in [0.717, 1.165) is 12.1 Å². The van der Waals surface area contributed by atoms with Crippen molar-refractivity contribution in [3.05, 3.63) is 47.1 Å². The van der Waals surface area contributed by atoms with Crippen molar-refractivity contribution >= 4 is 11.8 Å². The molecule has 3 rings (SSSR count). The Bertz CT molecular complexity index is 888. The second kappa shape index (κ2) is 10.4. The van der Waals surface area contributed by atoms with Crippen LogP contribution in [0.4, 0.5) is 8.78 Å². The predicted octanol–water partition coefficient (Wildman–Crippen LogP) is 2.11. The number of aryl methyl sites for hydroxylation is 1. The van der Waals surface area contributed by atoms with Gasteiger partial charge in [0.05, 0.1) is 6.54 Å². The zero-order chi connectivity index (χ0) is 22.4. The van der Waals surface area contributed by atoms with Crippen LogP contribution in [0, 0.1) is 11.6 Å². The van der Waals surface area contributed by atoms with Crippen molar-refractivity contribution in [1.82, 2.24) is 24.8 Å². The first-order valence-electron chi connectivity index (χ1n) is 10.5. The fourth-order valence-corrected chi connectivity index (χ4v) is 3.57. The Morgan fingerprint density at radius 3 is 2.35 bits per heavy atom. The van der Waals surface area contributed by atoms with Crippen LogP contribution in [0.5, 0.6) is 0 Å². The SMILES string of the molecule is CCN(CC)C(=O)CCc1nc(CN2CCN(C(=O)c3c(F)cccc3F)CC2)no1. The fraction of sp³-hybridized carbons (Fsp3) is 0.524. The van der Waals surface area contributed by atoms with Gasteiger partial charge in [0.15, 0.2) is 5.82 Å². The number of rotatable bonds is 8. The third-order valence-corrected chi connectivity index (χ3v) is 5.38. The Morgan fingerprint density at radius 1 is 1.10 bits per heavy atom. The van der Waals surface area contributed by atoms with Gasteiger partial charge < -0.3 is 14.3 Å². The first kappa shape index (κ1) is 22.8. The van der Waals surface area contributed by atoms with Gasteiger partial charge in [-0.3, -0.25) is 14.5 Å². The largest absolute Gasteiger partial charge is 0.343 e. The van der Waals surface area contributed by atoms with E-state index >= 15 is 0 Å². The molecule has 168 valence electrons. The van der Waals surface area contributed by atoms with Gasteiger partial charge in [-0.1, -0.05) is 11.2 Å². The number of carbonyl (C=O) groups excluding carboxylic acids is 2. The Kier molecular flexibility index (Phi) is 7.67. The molecule has 1 saturated heterocycles. The molecule has 1 aliphatic heterocycles. The van der Waals surface area contributed by atoms with Crippen molar-refractivity contribution in [1.29, 1.82) is 0 Å². The summed E-state index contributed by atoms with van der Waals surface area (Å²) < 4.78 is 33.0. The summed E-state index contributed by atoms with van der Waals surface area (Å²) in [5, 5.41) is 3.97. The Morgan fingerprint density at radius 2 is 1.74 bits per heavy atom. The Balaban J connectivity index is 1.48. The van der Waals surface area contributed by atoms with Gasteiger partial charge in [-0.05, 0) is 26.0 Å². The third-order valence-electron chi connectivity index (χ3n) is 5.38. The van der Waals surface area contributed by atoms with E-state index in [0.29, 0.717) is 70.4 Å². The maximum Gasteiger partial charge on any atom is 0.259 e. The van der Waals surface area contributed by atoms with E-state index in [2.05, 4.69) is 10.1 Å². The van der Waals surface area contributed by atoms with E-state index in [1.54, 1.807) is 4.90 Å². The molecule has 2 amide bonds. The van der Waals surface area contributed by atoms with Gasteiger partial charge in [0.2, 0.25) is 11.8 Å². The van der Waals surface area contributed by atoms with E-state index in [-0.39, 0.29) is 5.91 Å². The summed E-state index contributed by atoms with van der Waals surface area (Å²) in [6.07, 6.45) is 0.704. The Hall–Kier alpha value is -2.88. The van der Waals surface area contributed by atoms with Crippen molar-refractivity contribution in [3.63, 3.8) is 0 Å². The van der Waals surface area contributed by atoms with Crippen molar-refractivity contribution < 1.29 is 22.9 Å². The maximum atomic E-state index is 13.9. The molecule has 1 aromatic carbocycles. The molecule has 0 spiro atoms. The molecule has 2 heterocycles. The van der Waals surface area contributed by atoms with Crippen LogP contribution in [0.1, 0.15) is 42.3 Å². The first-order valence-corrected chi connectivity index (χ1v) is 10.5. The highest BCUT2D eigenvalue weighted by Crippen LogP contribution is 2.17. The van der Waals surface area contributed by atoms with Crippen LogP contribution in [0.2, 0.25) is 0 Å². The number of benzene rings is 1. The molecule has 1 aromatic heterocycles. The molecule has 0 radical (unpaired) electrons. The average molecular weight is 435 g/mol. The number of piperazine rings is 1. The van der Waals surface area contributed by atoms with Crippen LogP contribution in [-0.4, -0.2) is 75.9 Å². The zero-order valence-electron chi connectivity index (χ0n) is 17.8. The number of hydrogen-bond acceptors (Lipinski definition) is 6. The molecule has 8 nitrogen and oxygen atoms in total. The van der Waals surface area contributed by atoms with E-state index in [4.69, 9.17) is 4.52 Å². The van der Waals surface area contributed by atoms with Gasteiger partial charge in [0.25, 0.3) is 5.91 Å². The molecule has 0 aliphatic carbocycles. The van der Waals surface area contributed by atoms with Gasteiger partial charge in [-0.25, -0.2) is 8.78 Å². The number of nitrogens with zero attached hydrogens (tertiary/aromatic N) is 5. The molecule has 10 heteroatoms. The lowest BCUT2D eigenvalue weighted by Gasteiger charge is -2.34. The summed E-state index contributed by atoms with van der Waals surface area (Å²) in [6.45, 7) is 7.37. The number of halogens is 2. The average Bonchev–Trinajstić information content (AvgIpc) is 3.20. The minimum atomic E-state index is -0.855. The molecule has 2 aromatic rings. The van der Waals surface area contributed by atoms with Crippen LogP contribution in [-0.2, 0) is 17.8 Å². The third kappa shape index (κ3) is 5.63. The molecule has 0 bridgehead atoms. The lowest BCUT2D eigenvalue weighted by Crippen LogP contribution is -2.48. The topological polar surface area (TPSA) is 82.8 Å². The zero-order valence-corrected chi connectivity index (χ0v) is 17.8. The van der Waals surface area contributed by atoms with E-state index < -0.39 is 23.1 Å². The minimum absolute atomic E-state index is 0.0526. The lowest BCUT2D eigenvalue weighted by atomic mass is 10.1. The molecular weight excluding hydrogens is 408 g/mol. The van der Waals surface area contributed by atoms with Crippen LogP contribution in [0.15, 0.2) is 22.7 Å². The van der Waals surface area contributed by atoms with Crippen molar-refractivity contribution in [2.24, 2.45) is 0 Å². The monoisotopic (exact) mass is 435 g/mol. The summed E-state index contributed by atoms with van der Waals surface area (Å²) in [7, 11) is 0. The summed E-state index contributed by atoms with van der Waals surface area (Å²) in [5.41, 5.74) is -0.516. The highest BCUT2D eigenvalue weighted by Gasteiger charge is 2.27. The second-order valence-corrected chi connectivity index (χ2v) is 7.34. The quantitative estimate of drug-likeness (QED) is 0.632. The highest BCUT2D eigenvalue weighted by molar-refractivity contribution is 5.94. The molecule has 0 N–H and O–H groups in total. The number of hydrogen-bond donors (Lipinski definition) is 0. The molecule has 31 heavy (non-hydrogen) atoms. The summed E-state index contributed by atoms with van der Waals surface area (Å²) in [4.78, 5) is 34.1. The van der Waals surface area contributed by atoms with Gasteiger partial charge in [-0.15, -0.1) is 0 Å². The van der Waals surface area contributed by atoms with Crippen molar-refractivity contribution in [3.8, 4) is 0 Å². The van der Waals surface area contributed by atoms with E-state index in [1.165, 1.54) is 11.0 Å². The summed E-state index contributed by atoms with van der Waals surface area (Å²) in [6, 6.07) is 3.39. The minimum Gasteiger partial charge on any atom is -0.343 e. The smallest absolute Gasteiger partial charge is 0.259 e. The molecule has 1 fully saturated rings. The molecule has 0 unspecified atom stereocenters. The summed E-state index contributed by atoms with van der Waals surface area (Å²) in [5.74, 6) is -1.38. The van der Waals surface area contributed by atoms with Crippen LogP contribution in [0.3, 0.4) is 0 Å². The lowest BCUT2D eigenvalue weighted by molar-refractivity contribution is -0.130. The maximum absolute atomic E-state index is 13.9. The van der Waals surface area contributed by atoms with Crippen molar-refractivity contribution in [2.45, 2.75) is 33.2 Å². The number of amides is 2. The first-order chi connectivity index (χ1) is 14.9. The predicted molar refractivity (Wildman–Crippen MR) is 108 cm³/mol.